The molecule has 94 valence electrons. The highest BCUT2D eigenvalue weighted by Crippen LogP contribution is 2.37. The average Bonchev–Trinajstić information content (AvgIpc) is 2.61. The second kappa shape index (κ2) is 4.66. The van der Waals surface area contributed by atoms with Gasteiger partial charge < -0.3 is 0 Å². The number of nitro benzene ring substituents is 1. The van der Waals surface area contributed by atoms with E-state index in [-0.39, 0.29) is 35.1 Å². The highest BCUT2D eigenvalue weighted by atomic mass is 79.9. The molecule has 0 aromatic heterocycles. The molecule has 1 aromatic carbocycles. The first kappa shape index (κ1) is 13.0. The minimum atomic E-state index is -0.619. The van der Waals surface area contributed by atoms with E-state index < -0.39 is 10.8 Å². The van der Waals surface area contributed by atoms with Gasteiger partial charge in [-0.05, 0) is 22.0 Å². The van der Waals surface area contributed by atoms with Gasteiger partial charge in [-0.1, -0.05) is 11.6 Å². The SMILES string of the molecule is O=C1CC(=O)N(c2cc(Cl)c(Br)cc2[N+](=O)[O-])C1. The molecule has 18 heavy (non-hydrogen) atoms. The van der Waals surface area contributed by atoms with Crippen molar-refractivity contribution in [3.63, 3.8) is 0 Å². The first-order valence-electron chi connectivity index (χ1n) is 4.85. The summed E-state index contributed by atoms with van der Waals surface area (Å²) in [6, 6.07) is 2.52. The lowest BCUT2D eigenvalue weighted by atomic mass is 10.2. The van der Waals surface area contributed by atoms with Crippen LogP contribution in [0, 0.1) is 10.1 Å². The zero-order valence-electron chi connectivity index (χ0n) is 8.85. The number of anilines is 1. The van der Waals surface area contributed by atoms with Crippen LogP contribution in [0.3, 0.4) is 0 Å². The van der Waals surface area contributed by atoms with Crippen LogP contribution in [0.2, 0.25) is 5.02 Å². The number of Topliss-reactive ketones (excluding diaryl/α,β-unsaturated/α-hetero) is 1. The van der Waals surface area contributed by atoms with Crippen molar-refractivity contribution in [1.82, 2.24) is 0 Å². The third-order valence-electron chi connectivity index (χ3n) is 2.49. The Bertz CT molecular complexity index is 575. The summed E-state index contributed by atoms with van der Waals surface area (Å²) >= 11 is 8.94. The Kier molecular flexibility index (Phi) is 3.36. The summed E-state index contributed by atoms with van der Waals surface area (Å²) in [6.07, 6.45) is -0.231. The molecule has 0 spiro atoms. The summed E-state index contributed by atoms with van der Waals surface area (Å²) in [6.45, 7) is -0.155. The molecule has 6 nitrogen and oxygen atoms in total. The second-order valence-corrected chi connectivity index (χ2v) is 4.97. The first-order chi connectivity index (χ1) is 8.40. The molecule has 1 saturated heterocycles. The van der Waals surface area contributed by atoms with Crippen LogP contribution in [0.4, 0.5) is 11.4 Å². The number of amides is 1. The number of nitro groups is 1. The molecule has 1 aromatic rings. The van der Waals surface area contributed by atoms with Crippen LogP contribution >= 0.6 is 27.5 Å². The van der Waals surface area contributed by atoms with Crippen molar-refractivity contribution in [1.29, 1.82) is 0 Å². The van der Waals surface area contributed by atoms with E-state index >= 15 is 0 Å². The Morgan fingerprint density at radius 3 is 2.56 bits per heavy atom. The van der Waals surface area contributed by atoms with Crippen LogP contribution in [-0.2, 0) is 9.59 Å². The van der Waals surface area contributed by atoms with Gasteiger partial charge >= 0.3 is 0 Å². The fraction of sp³-hybridized carbons (Fsp3) is 0.200. The monoisotopic (exact) mass is 332 g/mol. The Labute approximate surface area is 115 Å². The zero-order chi connectivity index (χ0) is 13.4. The van der Waals surface area contributed by atoms with Gasteiger partial charge in [-0.25, -0.2) is 0 Å². The molecule has 0 saturated carbocycles. The normalized spacial score (nSPS) is 15.3. The van der Waals surface area contributed by atoms with Gasteiger partial charge in [0.05, 0.1) is 22.9 Å². The second-order valence-electron chi connectivity index (χ2n) is 3.71. The average molecular weight is 334 g/mol. The standard InChI is InChI=1S/C10H6BrClN2O4/c11-6-2-9(14(17)18)8(3-7(6)12)13-4-5(15)1-10(13)16/h2-3H,1,4H2. The number of carbonyl (C=O) groups excluding carboxylic acids is 2. The van der Waals surface area contributed by atoms with Crippen LogP contribution in [0.25, 0.3) is 0 Å². The van der Waals surface area contributed by atoms with Gasteiger partial charge in [-0.15, -0.1) is 0 Å². The van der Waals surface area contributed by atoms with E-state index in [1.165, 1.54) is 12.1 Å². The number of benzene rings is 1. The van der Waals surface area contributed by atoms with Gasteiger partial charge in [0.2, 0.25) is 5.91 Å². The Hall–Kier alpha value is -1.47. The molecule has 0 N–H and O–H groups in total. The lowest BCUT2D eigenvalue weighted by Crippen LogP contribution is -2.25. The molecule has 1 heterocycles. The van der Waals surface area contributed by atoms with Crippen LogP contribution in [0.5, 0.6) is 0 Å². The number of rotatable bonds is 2. The summed E-state index contributed by atoms with van der Waals surface area (Å²) in [5.41, 5.74) is -0.224. The molecule has 0 bridgehead atoms. The number of halogens is 2. The molecular formula is C10H6BrClN2O4. The number of carbonyl (C=O) groups is 2. The molecule has 1 fully saturated rings. The number of nitrogens with zero attached hydrogens (tertiary/aromatic N) is 2. The molecule has 0 radical (unpaired) electrons. The van der Waals surface area contributed by atoms with E-state index in [0.29, 0.717) is 4.47 Å². The molecular weight excluding hydrogens is 327 g/mol. The topological polar surface area (TPSA) is 80.5 Å². The molecule has 1 aliphatic heterocycles. The Morgan fingerprint density at radius 1 is 1.39 bits per heavy atom. The summed E-state index contributed by atoms with van der Waals surface area (Å²) in [7, 11) is 0. The number of hydrogen-bond donors (Lipinski definition) is 0. The van der Waals surface area contributed by atoms with Gasteiger partial charge in [-0.3, -0.25) is 24.6 Å². The maximum atomic E-state index is 11.6. The van der Waals surface area contributed by atoms with E-state index in [2.05, 4.69) is 15.9 Å². The molecule has 2 rings (SSSR count). The van der Waals surface area contributed by atoms with Gasteiger partial charge in [0.15, 0.2) is 5.78 Å². The predicted octanol–water partition coefficient (Wildman–Crippen LogP) is 2.32. The summed E-state index contributed by atoms with van der Waals surface area (Å²) in [5.74, 6) is -0.727. The quantitative estimate of drug-likeness (QED) is 0.472. The Morgan fingerprint density at radius 2 is 2.06 bits per heavy atom. The van der Waals surface area contributed by atoms with Crippen LogP contribution in [-0.4, -0.2) is 23.2 Å². The van der Waals surface area contributed by atoms with Crippen molar-refractivity contribution in [3.8, 4) is 0 Å². The van der Waals surface area contributed by atoms with E-state index in [4.69, 9.17) is 11.6 Å². The smallest absolute Gasteiger partial charge is 0.294 e. The van der Waals surface area contributed by atoms with Crippen molar-refractivity contribution in [2.75, 3.05) is 11.4 Å². The third kappa shape index (κ3) is 2.23. The van der Waals surface area contributed by atoms with Crippen molar-refractivity contribution in [2.24, 2.45) is 0 Å². The fourth-order valence-corrected chi connectivity index (χ4v) is 2.18. The van der Waals surface area contributed by atoms with Gasteiger partial charge in [-0.2, -0.15) is 0 Å². The first-order valence-corrected chi connectivity index (χ1v) is 6.02. The lowest BCUT2D eigenvalue weighted by molar-refractivity contribution is -0.384. The minimum absolute atomic E-state index is 0.0454. The number of ketones is 1. The maximum Gasteiger partial charge on any atom is 0.294 e. The zero-order valence-corrected chi connectivity index (χ0v) is 11.2. The van der Waals surface area contributed by atoms with Gasteiger partial charge in [0, 0.05) is 10.5 Å². The highest BCUT2D eigenvalue weighted by Gasteiger charge is 2.33. The predicted molar refractivity (Wildman–Crippen MR) is 67.8 cm³/mol. The number of hydrogen-bond acceptors (Lipinski definition) is 4. The van der Waals surface area contributed by atoms with Crippen molar-refractivity contribution in [2.45, 2.75) is 6.42 Å². The Balaban J connectivity index is 2.56. The van der Waals surface area contributed by atoms with Crippen LogP contribution < -0.4 is 4.90 Å². The van der Waals surface area contributed by atoms with Crippen molar-refractivity contribution < 1.29 is 14.5 Å². The highest BCUT2D eigenvalue weighted by molar-refractivity contribution is 9.10. The largest absolute Gasteiger partial charge is 0.298 e. The lowest BCUT2D eigenvalue weighted by Gasteiger charge is -2.15. The maximum absolute atomic E-state index is 11.6. The molecule has 0 aliphatic carbocycles. The van der Waals surface area contributed by atoms with Crippen molar-refractivity contribution >= 4 is 50.6 Å². The van der Waals surface area contributed by atoms with E-state index in [0.717, 1.165) is 4.90 Å². The molecule has 0 atom stereocenters. The minimum Gasteiger partial charge on any atom is -0.298 e. The molecule has 1 amide bonds. The third-order valence-corrected chi connectivity index (χ3v) is 3.69. The fourth-order valence-electron chi connectivity index (χ4n) is 1.69. The summed E-state index contributed by atoms with van der Waals surface area (Å²) < 4.78 is 0.359. The molecule has 1 aliphatic rings. The van der Waals surface area contributed by atoms with Crippen LogP contribution in [0.1, 0.15) is 6.42 Å². The van der Waals surface area contributed by atoms with Gasteiger partial charge in [0.1, 0.15) is 5.69 Å². The van der Waals surface area contributed by atoms with Crippen molar-refractivity contribution in [3.05, 3.63) is 31.7 Å². The van der Waals surface area contributed by atoms with Gasteiger partial charge in [0.25, 0.3) is 5.69 Å². The summed E-state index contributed by atoms with van der Waals surface area (Å²) in [5, 5.41) is 11.2. The molecule has 8 heteroatoms. The molecule has 0 unspecified atom stereocenters. The van der Waals surface area contributed by atoms with E-state index in [9.17, 15) is 19.7 Å². The summed E-state index contributed by atoms with van der Waals surface area (Å²) in [4.78, 5) is 34.2. The van der Waals surface area contributed by atoms with E-state index in [1.807, 2.05) is 0 Å². The van der Waals surface area contributed by atoms with E-state index in [1.54, 1.807) is 0 Å². The van der Waals surface area contributed by atoms with Crippen LogP contribution in [0.15, 0.2) is 16.6 Å².